The second-order valence-electron chi connectivity index (χ2n) is 2.99. The molecule has 0 bridgehead atoms. The zero-order valence-corrected chi connectivity index (χ0v) is 13.8. The molecule has 0 heterocycles. The van der Waals surface area contributed by atoms with Crippen molar-refractivity contribution in [2.75, 3.05) is 0 Å². The van der Waals surface area contributed by atoms with Crippen LogP contribution in [0.25, 0.3) is 0 Å². The van der Waals surface area contributed by atoms with Gasteiger partial charge in [0.25, 0.3) is 0 Å². The maximum atomic E-state index is 10.1. The van der Waals surface area contributed by atoms with E-state index in [1.54, 1.807) is 0 Å². The Bertz CT molecular complexity index is 135. The van der Waals surface area contributed by atoms with Crippen LogP contribution in [0, 0.1) is 0 Å². The average Bonchev–Trinajstić information content (AvgIpc) is 2.02. The van der Waals surface area contributed by atoms with E-state index < -0.39 is 5.97 Å². The van der Waals surface area contributed by atoms with E-state index in [0.717, 1.165) is 25.7 Å². The summed E-state index contributed by atoms with van der Waals surface area (Å²) in [6.45, 7) is 3.64. The number of carboxylic acids is 1. The number of carboxylic acid groups (broad SMARTS) is 1. The van der Waals surface area contributed by atoms with Crippen molar-refractivity contribution in [2.45, 2.75) is 44.9 Å². The third-order valence-electron chi connectivity index (χ3n) is 1.80. The Morgan fingerprint density at radius 2 is 1.69 bits per heavy atom. The standard InChI is InChI=1S/C10H18O2.Pb.2H/c1-2-3-4-5-6-7-8-9-10(11)12;;;/h2H,1,3-9H2,(H,11,12);;;. The van der Waals surface area contributed by atoms with Crippen LogP contribution in [-0.2, 0) is 4.79 Å². The SMILES string of the molecule is C=CCCCCCCCC(=O)O.[PbH2]. The fraction of sp³-hybridized carbons (Fsp3) is 0.700. The Morgan fingerprint density at radius 3 is 2.23 bits per heavy atom. The van der Waals surface area contributed by atoms with Gasteiger partial charge in [-0.1, -0.05) is 25.3 Å². The topological polar surface area (TPSA) is 37.3 Å². The molecular formula is C10H20O2Pb. The van der Waals surface area contributed by atoms with Crippen LogP contribution in [0.1, 0.15) is 44.9 Å². The Morgan fingerprint density at radius 1 is 1.15 bits per heavy atom. The molecule has 0 aromatic rings. The molecule has 0 rings (SSSR count). The third kappa shape index (κ3) is 14.9. The Hall–Kier alpha value is 0.132. The minimum absolute atomic E-state index is 0. The summed E-state index contributed by atoms with van der Waals surface area (Å²) in [5, 5.41) is 8.34. The van der Waals surface area contributed by atoms with Gasteiger partial charge in [0.15, 0.2) is 0 Å². The van der Waals surface area contributed by atoms with E-state index in [1.165, 1.54) is 12.8 Å². The predicted octanol–water partition coefficient (Wildman–Crippen LogP) is 2.07. The average molecular weight is 379 g/mol. The van der Waals surface area contributed by atoms with Crippen molar-refractivity contribution in [3.63, 3.8) is 0 Å². The van der Waals surface area contributed by atoms with Crippen LogP contribution in [0.3, 0.4) is 0 Å². The molecule has 0 saturated carbocycles. The van der Waals surface area contributed by atoms with Crippen LogP contribution in [0.2, 0.25) is 0 Å². The van der Waals surface area contributed by atoms with Crippen molar-refractivity contribution < 1.29 is 9.90 Å². The molecular weight excluding hydrogens is 359 g/mol. The van der Waals surface area contributed by atoms with E-state index in [0.29, 0.717) is 6.42 Å². The molecule has 0 aliphatic heterocycles. The van der Waals surface area contributed by atoms with Gasteiger partial charge in [-0.15, -0.1) is 6.58 Å². The van der Waals surface area contributed by atoms with E-state index in [-0.39, 0.29) is 27.3 Å². The molecule has 76 valence electrons. The second-order valence-corrected chi connectivity index (χ2v) is 2.99. The monoisotopic (exact) mass is 380 g/mol. The summed E-state index contributed by atoms with van der Waals surface area (Å²) in [6.07, 6.45) is 8.74. The van der Waals surface area contributed by atoms with Gasteiger partial charge in [0, 0.05) is 6.42 Å². The van der Waals surface area contributed by atoms with Crippen molar-refractivity contribution in [1.29, 1.82) is 0 Å². The molecule has 3 heteroatoms. The van der Waals surface area contributed by atoms with Crippen molar-refractivity contribution in [1.82, 2.24) is 0 Å². The van der Waals surface area contributed by atoms with Crippen LogP contribution in [0.4, 0.5) is 0 Å². The zero-order chi connectivity index (χ0) is 9.23. The van der Waals surface area contributed by atoms with E-state index in [1.807, 2.05) is 6.08 Å². The van der Waals surface area contributed by atoms with Crippen molar-refractivity contribution in [3.05, 3.63) is 12.7 Å². The molecule has 0 unspecified atom stereocenters. The van der Waals surface area contributed by atoms with Crippen LogP contribution in [-0.4, -0.2) is 38.4 Å². The minimum atomic E-state index is -0.680. The first-order valence-electron chi connectivity index (χ1n) is 4.60. The van der Waals surface area contributed by atoms with Gasteiger partial charge < -0.3 is 5.11 Å². The first-order valence-corrected chi connectivity index (χ1v) is 4.60. The summed E-state index contributed by atoms with van der Waals surface area (Å²) in [6, 6.07) is 0. The number of carbonyl (C=O) groups is 1. The van der Waals surface area contributed by atoms with Crippen molar-refractivity contribution in [2.24, 2.45) is 0 Å². The zero-order valence-electron chi connectivity index (χ0n) is 8.30. The summed E-state index contributed by atoms with van der Waals surface area (Å²) in [5.41, 5.74) is 0. The number of rotatable bonds is 8. The van der Waals surface area contributed by atoms with E-state index >= 15 is 0 Å². The molecule has 2 nitrogen and oxygen atoms in total. The Kier molecular flexibility index (Phi) is 14.6. The summed E-state index contributed by atoms with van der Waals surface area (Å²) >= 11 is 0. The molecule has 0 amide bonds. The van der Waals surface area contributed by atoms with Gasteiger partial charge in [-0.05, 0) is 19.3 Å². The molecule has 0 aromatic carbocycles. The Labute approximate surface area is 101 Å². The van der Waals surface area contributed by atoms with Gasteiger partial charge in [-0.25, -0.2) is 0 Å². The number of hydrogen-bond acceptors (Lipinski definition) is 1. The van der Waals surface area contributed by atoms with Crippen molar-refractivity contribution in [3.8, 4) is 0 Å². The van der Waals surface area contributed by atoms with Gasteiger partial charge in [0.05, 0.1) is 0 Å². The molecule has 0 aliphatic rings. The van der Waals surface area contributed by atoms with E-state index in [2.05, 4.69) is 6.58 Å². The molecule has 0 aromatic heterocycles. The molecule has 0 atom stereocenters. The van der Waals surface area contributed by atoms with E-state index in [9.17, 15) is 4.79 Å². The first-order chi connectivity index (χ1) is 5.77. The molecule has 2 radical (unpaired) electrons. The molecule has 0 saturated heterocycles. The third-order valence-corrected chi connectivity index (χ3v) is 1.80. The number of unbranched alkanes of at least 4 members (excludes halogenated alkanes) is 5. The van der Waals surface area contributed by atoms with Gasteiger partial charge in [-0.3, -0.25) is 4.79 Å². The Balaban J connectivity index is 0. The fourth-order valence-corrected chi connectivity index (χ4v) is 1.10. The summed E-state index contributed by atoms with van der Waals surface area (Å²) in [7, 11) is 0. The van der Waals surface area contributed by atoms with Crippen LogP contribution in [0.15, 0.2) is 12.7 Å². The second kappa shape index (κ2) is 12.1. The molecule has 0 spiro atoms. The van der Waals surface area contributed by atoms with Gasteiger partial charge in [0.1, 0.15) is 0 Å². The maximum absolute atomic E-state index is 10.1. The number of hydrogen-bond donors (Lipinski definition) is 1. The predicted molar refractivity (Wildman–Crippen MR) is 58.7 cm³/mol. The van der Waals surface area contributed by atoms with Crippen LogP contribution < -0.4 is 0 Å². The van der Waals surface area contributed by atoms with E-state index in [4.69, 9.17) is 5.11 Å². The summed E-state index contributed by atoms with van der Waals surface area (Å²) < 4.78 is 0. The van der Waals surface area contributed by atoms with Crippen LogP contribution in [0.5, 0.6) is 0 Å². The molecule has 13 heavy (non-hydrogen) atoms. The summed E-state index contributed by atoms with van der Waals surface area (Å²) in [5.74, 6) is -0.680. The van der Waals surface area contributed by atoms with Gasteiger partial charge >= 0.3 is 33.3 Å². The van der Waals surface area contributed by atoms with Gasteiger partial charge in [-0.2, -0.15) is 0 Å². The molecule has 0 aliphatic carbocycles. The normalized spacial score (nSPS) is 8.92. The van der Waals surface area contributed by atoms with Crippen LogP contribution >= 0.6 is 0 Å². The van der Waals surface area contributed by atoms with Gasteiger partial charge in [0.2, 0.25) is 0 Å². The number of allylic oxidation sites excluding steroid dienone is 1. The molecule has 1 N–H and O–H groups in total. The number of aliphatic carboxylic acids is 1. The fourth-order valence-electron chi connectivity index (χ4n) is 1.10. The quantitative estimate of drug-likeness (QED) is 0.398. The first kappa shape index (κ1) is 15.6. The summed E-state index contributed by atoms with van der Waals surface area (Å²) in [4.78, 5) is 10.1. The van der Waals surface area contributed by atoms with Crippen molar-refractivity contribution >= 4 is 33.3 Å². The molecule has 0 fully saturated rings.